The van der Waals surface area contributed by atoms with Crippen LogP contribution in [-0.4, -0.2) is 137 Å². The standard InChI is InChI=1S/C45H53Cl2N15O5/c1-27(40-36(25-49-38-21-37(47)56-61(38)40)54-45(67)53-32-20-35(46)41(50-23-32)62-51-11-12-52-62)57(2)43(65)29-3-5-30(6-4-29)44(66)60-17-15-58(16-18-60)26-28-9-13-59(14-10-28)33-19-31(22-48-24-33)34-7-8-39(63)55-42(34)64/h11-12,19-25,27-30,34H,3-10,13-18,26H2,1-2H3,(H2,53,54,67)(H,55,63,64)/t27-,29?,30?,34?/m1/s1. The Morgan fingerprint density at radius 3 is 2.30 bits per heavy atom. The highest BCUT2D eigenvalue weighted by molar-refractivity contribution is 6.32. The van der Waals surface area contributed by atoms with Crippen molar-refractivity contribution in [2.45, 2.75) is 70.3 Å². The quantitative estimate of drug-likeness (QED) is 0.149. The zero-order valence-electron chi connectivity index (χ0n) is 37.4. The van der Waals surface area contributed by atoms with Crippen molar-refractivity contribution in [3.05, 3.63) is 76.8 Å². The largest absolute Gasteiger partial charge is 0.370 e. The Kier molecular flexibility index (Phi) is 13.6. The average molecular weight is 955 g/mol. The molecule has 352 valence electrons. The summed E-state index contributed by atoms with van der Waals surface area (Å²) in [7, 11) is 1.74. The number of carbonyl (C=O) groups excluding carboxylic acids is 5. The van der Waals surface area contributed by atoms with Crippen molar-refractivity contribution < 1.29 is 24.0 Å². The Hall–Kier alpha value is -6.25. The summed E-state index contributed by atoms with van der Waals surface area (Å²) in [5.74, 6) is -0.213. The zero-order valence-corrected chi connectivity index (χ0v) is 38.9. The van der Waals surface area contributed by atoms with Crippen LogP contribution in [0.1, 0.15) is 81.5 Å². The Bertz CT molecular complexity index is 2640. The number of nitrogens with zero attached hydrogens (tertiary/aromatic N) is 12. The first kappa shape index (κ1) is 45.9. The fourth-order valence-corrected chi connectivity index (χ4v) is 10.3. The molecule has 0 radical (unpaired) electrons. The van der Waals surface area contributed by atoms with E-state index in [1.807, 2.05) is 24.1 Å². The van der Waals surface area contributed by atoms with Gasteiger partial charge in [-0.15, -0.1) is 4.80 Å². The van der Waals surface area contributed by atoms with Crippen LogP contribution in [0, 0.1) is 17.8 Å². The molecule has 5 aromatic rings. The van der Waals surface area contributed by atoms with E-state index in [4.69, 9.17) is 23.2 Å². The fourth-order valence-electron chi connectivity index (χ4n) is 9.90. The summed E-state index contributed by atoms with van der Waals surface area (Å²) in [5.41, 5.74) is 3.45. The summed E-state index contributed by atoms with van der Waals surface area (Å²) in [6.45, 7) is 7.75. The Morgan fingerprint density at radius 2 is 1.58 bits per heavy atom. The third-order valence-electron chi connectivity index (χ3n) is 13.7. The molecular weight excluding hydrogens is 902 g/mol. The second-order valence-electron chi connectivity index (χ2n) is 17.9. The van der Waals surface area contributed by atoms with Gasteiger partial charge in [-0.1, -0.05) is 23.2 Å². The lowest BCUT2D eigenvalue weighted by atomic mass is 9.80. The highest BCUT2D eigenvalue weighted by Crippen LogP contribution is 2.36. The Morgan fingerprint density at radius 1 is 0.851 bits per heavy atom. The summed E-state index contributed by atoms with van der Waals surface area (Å²) in [4.78, 5) is 88.3. The molecule has 0 aromatic carbocycles. The number of halogens is 2. The lowest BCUT2D eigenvalue weighted by molar-refractivity contribution is -0.142. The number of anilines is 3. The van der Waals surface area contributed by atoms with Crippen LogP contribution in [0.2, 0.25) is 10.2 Å². The van der Waals surface area contributed by atoms with Crippen molar-refractivity contribution >= 4 is 75.6 Å². The highest BCUT2D eigenvalue weighted by Gasteiger charge is 2.37. The molecule has 1 aliphatic carbocycles. The molecule has 8 heterocycles. The first-order chi connectivity index (χ1) is 32.4. The van der Waals surface area contributed by atoms with Crippen LogP contribution in [0.3, 0.4) is 0 Å². The number of aromatic nitrogens is 8. The number of pyridine rings is 2. The van der Waals surface area contributed by atoms with E-state index in [1.54, 1.807) is 24.2 Å². The summed E-state index contributed by atoms with van der Waals surface area (Å²) in [6, 6.07) is 4.02. The molecule has 4 aliphatic rings. The minimum absolute atomic E-state index is 0.0543. The molecule has 67 heavy (non-hydrogen) atoms. The van der Waals surface area contributed by atoms with E-state index >= 15 is 0 Å². The monoisotopic (exact) mass is 953 g/mol. The van der Waals surface area contributed by atoms with Gasteiger partial charge in [-0.3, -0.25) is 34.4 Å². The molecule has 0 bridgehead atoms. The number of hydrogen-bond acceptors (Lipinski definition) is 13. The number of fused-ring (bicyclic) bond motifs is 1. The zero-order chi connectivity index (χ0) is 46.8. The lowest BCUT2D eigenvalue weighted by Gasteiger charge is -2.41. The van der Waals surface area contributed by atoms with E-state index in [-0.39, 0.29) is 51.6 Å². The Labute approximate surface area is 396 Å². The smallest absolute Gasteiger partial charge is 0.323 e. The van der Waals surface area contributed by atoms with E-state index in [2.05, 4.69) is 56.0 Å². The van der Waals surface area contributed by atoms with Crippen molar-refractivity contribution in [2.75, 3.05) is 68.4 Å². The topological polar surface area (TPSA) is 221 Å². The van der Waals surface area contributed by atoms with Gasteiger partial charge in [0.1, 0.15) is 0 Å². The van der Waals surface area contributed by atoms with Crippen molar-refractivity contribution in [1.82, 2.24) is 59.6 Å². The maximum Gasteiger partial charge on any atom is 0.323 e. The molecule has 6 amide bonds. The second-order valence-corrected chi connectivity index (χ2v) is 18.7. The third-order valence-corrected chi connectivity index (χ3v) is 14.2. The molecule has 20 nitrogen and oxygen atoms in total. The van der Waals surface area contributed by atoms with Gasteiger partial charge in [0.25, 0.3) is 0 Å². The number of piperidine rings is 2. The lowest BCUT2D eigenvalue weighted by Crippen LogP contribution is -2.52. The van der Waals surface area contributed by atoms with Crippen LogP contribution >= 0.6 is 23.2 Å². The van der Waals surface area contributed by atoms with Gasteiger partial charge < -0.3 is 25.3 Å². The molecule has 5 aromatic heterocycles. The van der Waals surface area contributed by atoms with Crippen molar-refractivity contribution in [3.63, 3.8) is 0 Å². The summed E-state index contributed by atoms with van der Waals surface area (Å²) >= 11 is 12.7. The number of piperazine rings is 1. The normalized spacial score (nSPS) is 21.2. The molecule has 2 atom stereocenters. The summed E-state index contributed by atoms with van der Waals surface area (Å²) in [5, 5.41) is 21.0. The Balaban J connectivity index is 0.739. The molecule has 0 spiro atoms. The van der Waals surface area contributed by atoms with E-state index in [1.165, 1.54) is 40.2 Å². The number of carbonyl (C=O) groups is 5. The predicted octanol–water partition coefficient (Wildman–Crippen LogP) is 4.96. The number of amides is 6. The minimum atomic E-state index is -0.599. The van der Waals surface area contributed by atoms with Gasteiger partial charge in [0.05, 0.1) is 70.7 Å². The molecule has 1 unspecified atom stereocenters. The molecule has 3 saturated heterocycles. The molecule has 3 aliphatic heterocycles. The first-order valence-corrected chi connectivity index (χ1v) is 23.6. The van der Waals surface area contributed by atoms with Gasteiger partial charge in [-0.2, -0.15) is 15.3 Å². The third kappa shape index (κ3) is 10.2. The summed E-state index contributed by atoms with van der Waals surface area (Å²) < 4.78 is 1.53. The molecular formula is C45H53Cl2N15O5. The molecule has 4 fully saturated rings. The van der Waals surface area contributed by atoms with Crippen molar-refractivity contribution in [3.8, 4) is 5.82 Å². The van der Waals surface area contributed by atoms with Gasteiger partial charge in [0.2, 0.25) is 23.6 Å². The SMILES string of the molecule is C[C@H](c1c(NC(=O)Nc2cnc(-n3nccn3)c(Cl)c2)cnc2cc(Cl)nn12)N(C)C(=O)C1CCC(C(=O)N2CCN(CC3CCN(c4cncc(C5CCC(=O)NC5=O)c4)CC3)CC2)CC1. The van der Waals surface area contributed by atoms with E-state index in [9.17, 15) is 24.0 Å². The van der Waals surface area contributed by atoms with Gasteiger partial charge in [-0.25, -0.2) is 19.3 Å². The van der Waals surface area contributed by atoms with E-state index in [0.717, 1.165) is 56.8 Å². The molecule has 1 saturated carbocycles. The number of urea groups is 1. The maximum atomic E-state index is 14.1. The fraction of sp³-hybridized carbons (Fsp3) is 0.489. The van der Waals surface area contributed by atoms with Crippen LogP contribution < -0.4 is 20.9 Å². The first-order valence-electron chi connectivity index (χ1n) is 22.8. The van der Waals surface area contributed by atoms with Crippen LogP contribution in [-0.2, 0) is 19.2 Å². The van der Waals surface area contributed by atoms with Crippen LogP contribution in [0.25, 0.3) is 11.5 Å². The highest BCUT2D eigenvalue weighted by atomic mass is 35.5. The van der Waals surface area contributed by atoms with Crippen LogP contribution in [0.15, 0.2) is 55.4 Å². The summed E-state index contributed by atoms with van der Waals surface area (Å²) in [6.07, 6.45) is 14.9. The minimum Gasteiger partial charge on any atom is -0.370 e. The molecule has 3 N–H and O–H groups in total. The molecule has 22 heteroatoms. The van der Waals surface area contributed by atoms with E-state index in [0.29, 0.717) is 86.1 Å². The number of imide groups is 1. The van der Waals surface area contributed by atoms with E-state index < -0.39 is 12.1 Å². The van der Waals surface area contributed by atoms with Crippen molar-refractivity contribution in [2.24, 2.45) is 17.8 Å². The van der Waals surface area contributed by atoms with Crippen LogP contribution in [0.5, 0.6) is 0 Å². The number of nitrogens with one attached hydrogen (secondary N) is 3. The number of rotatable bonds is 11. The van der Waals surface area contributed by atoms with Crippen molar-refractivity contribution in [1.29, 1.82) is 0 Å². The van der Waals surface area contributed by atoms with Gasteiger partial charge in [0.15, 0.2) is 16.6 Å². The van der Waals surface area contributed by atoms with Crippen LogP contribution in [0.4, 0.5) is 21.9 Å². The number of hydrogen-bond donors (Lipinski definition) is 3. The average Bonchev–Trinajstić information content (AvgIpc) is 4.01. The van der Waals surface area contributed by atoms with Gasteiger partial charge >= 0.3 is 6.03 Å². The molecule has 9 rings (SSSR count). The predicted molar refractivity (Wildman–Crippen MR) is 249 cm³/mol. The van der Waals surface area contributed by atoms with Gasteiger partial charge in [-0.05, 0) is 75.5 Å². The second kappa shape index (κ2) is 19.9. The van der Waals surface area contributed by atoms with Gasteiger partial charge in [0, 0.05) is 83.4 Å². The maximum absolute atomic E-state index is 14.1.